The Bertz CT molecular complexity index is 308. The summed E-state index contributed by atoms with van der Waals surface area (Å²) in [5.41, 5.74) is 2.57. The van der Waals surface area contributed by atoms with Crippen molar-refractivity contribution in [3.63, 3.8) is 0 Å². The molecule has 0 aliphatic carbocycles. The van der Waals surface area contributed by atoms with Gasteiger partial charge in [-0.2, -0.15) is 0 Å². The van der Waals surface area contributed by atoms with Gasteiger partial charge in [0.1, 0.15) is 0 Å². The Morgan fingerprint density at radius 2 is 2.00 bits per heavy atom. The minimum absolute atomic E-state index is 0.471. The second kappa shape index (κ2) is 4.66. The summed E-state index contributed by atoms with van der Waals surface area (Å²) in [5.74, 6) is 0.471. The molecule has 0 N–H and O–H groups in total. The Balaban J connectivity index is 3.05. The molecule has 1 aromatic carbocycles. The van der Waals surface area contributed by atoms with Crippen molar-refractivity contribution >= 4 is 6.08 Å². The van der Waals surface area contributed by atoms with Gasteiger partial charge in [0.05, 0.1) is 0 Å². The van der Waals surface area contributed by atoms with Gasteiger partial charge in [0, 0.05) is 0 Å². The molecule has 0 saturated heterocycles. The maximum absolute atomic E-state index is 3.81. The molecule has 0 aliphatic rings. The molecule has 1 rings (SSSR count). The van der Waals surface area contributed by atoms with Crippen LogP contribution < -0.4 is 0 Å². The zero-order valence-electron chi connectivity index (χ0n) is 8.33. The topological polar surface area (TPSA) is 0 Å². The molecule has 0 heterocycles. The average Bonchev–Trinajstić information content (AvgIpc) is 2.18. The van der Waals surface area contributed by atoms with E-state index in [0.717, 1.165) is 0 Å². The van der Waals surface area contributed by atoms with E-state index in [1.165, 1.54) is 11.1 Å². The van der Waals surface area contributed by atoms with E-state index in [4.69, 9.17) is 0 Å². The van der Waals surface area contributed by atoms with Crippen LogP contribution in [0.15, 0.2) is 43.0 Å². The molecule has 1 unspecified atom stereocenters. The van der Waals surface area contributed by atoms with Gasteiger partial charge in [-0.1, -0.05) is 56.0 Å². The van der Waals surface area contributed by atoms with E-state index in [1.54, 1.807) is 0 Å². The summed E-state index contributed by atoms with van der Waals surface area (Å²) in [7, 11) is 0. The van der Waals surface area contributed by atoms with Gasteiger partial charge < -0.3 is 0 Å². The molecule has 0 nitrogen and oxygen atoms in total. The quantitative estimate of drug-likeness (QED) is 0.604. The Labute approximate surface area is 80.6 Å². The Morgan fingerprint density at radius 3 is 2.62 bits per heavy atom. The van der Waals surface area contributed by atoms with Crippen molar-refractivity contribution in [2.45, 2.75) is 19.8 Å². The van der Waals surface area contributed by atoms with Gasteiger partial charge >= 0.3 is 0 Å². The molecular weight excluding hydrogens is 156 g/mol. The van der Waals surface area contributed by atoms with E-state index in [-0.39, 0.29) is 0 Å². The predicted octanol–water partition coefficient (Wildman–Crippen LogP) is 4.01. The second-order valence-corrected chi connectivity index (χ2v) is 3.15. The number of benzene rings is 1. The van der Waals surface area contributed by atoms with E-state index in [0.29, 0.717) is 5.92 Å². The molecule has 1 atom stereocenters. The van der Waals surface area contributed by atoms with E-state index in [1.807, 2.05) is 19.1 Å². The van der Waals surface area contributed by atoms with Crippen LogP contribution in [-0.4, -0.2) is 0 Å². The first-order chi connectivity index (χ1) is 6.29. The van der Waals surface area contributed by atoms with Crippen LogP contribution in [0.3, 0.4) is 0 Å². The largest absolute Gasteiger partial charge is 0.0985 e. The standard InChI is InChI=1S/C13H16/c1-4-8-11(3)13-10-7-6-9-12(13)5-2/h4-11H,2H2,1,3H3. The summed E-state index contributed by atoms with van der Waals surface area (Å²) in [6.45, 7) is 8.06. The lowest BCUT2D eigenvalue weighted by atomic mass is 9.95. The lowest BCUT2D eigenvalue weighted by Crippen LogP contribution is -1.91. The molecule has 0 fully saturated rings. The normalized spacial score (nSPS) is 13.1. The minimum Gasteiger partial charge on any atom is -0.0985 e. The van der Waals surface area contributed by atoms with Crippen molar-refractivity contribution in [3.05, 3.63) is 54.1 Å². The predicted molar refractivity (Wildman–Crippen MR) is 59.8 cm³/mol. The monoisotopic (exact) mass is 172 g/mol. The van der Waals surface area contributed by atoms with Crippen molar-refractivity contribution in [2.24, 2.45) is 0 Å². The summed E-state index contributed by atoms with van der Waals surface area (Å²) in [5, 5.41) is 0. The first-order valence-electron chi connectivity index (χ1n) is 4.63. The number of allylic oxidation sites excluding steroid dienone is 2. The van der Waals surface area contributed by atoms with Gasteiger partial charge in [-0.15, -0.1) is 0 Å². The van der Waals surface area contributed by atoms with Crippen LogP contribution >= 0.6 is 0 Å². The minimum atomic E-state index is 0.471. The molecular formula is C13H16. The van der Waals surface area contributed by atoms with E-state index < -0.39 is 0 Å². The Morgan fingerprint density at radius 1 is 1.31 bits per heavy atom. The first kappa shape index (κ1) is 9.79. The number of rotatable bonds is 3. The molecule has 0 amide bonds. The Kier molecular flexibility index (Phi) is 3.51. The third kappa shape index (κ3) is 2.32. The summed E-state index contributed by atoms with van der Waals surface area (Å²) in [4.78, 5) is 0. The SMILES string of the molecule is C=Cc1ccccc1C(C)C=CC. The zero-order chi connectivity index (χ0) is 9.68. The Hall–Kier alpha value is -1.30. The van der Waals surface area contributed by atoms with Crippen molar-refractivity contribution in [1.82, 2.24) is 0 Å². The fourth-order valence-corrected chi connectivity index (χ4v) is 1.50. The van der Waals surface area contributed by atoms with E-state index in [9.17, 15) is 0 Å². The van der Waals surface area contributed by atoms with Crippen molar-refractivity contribution < 1.29 is 0 Å². The van der Waals surface area contributed by atoms with Gasteiger partial charge in [0.2, 0.25) is 0 Å². The maximum atomic E-state index is 3.81. The summed E-state index contributed by atoms with van der Waals surface area (Å²) >= 11 is 0. The van der Waals surface area contributed by atoms with Crippen molar-refractivity contribution in [2.75, 3.05) is 0 Å². The van der Waals surface area contributed by atoms with Gasteiger partial charge in [-0.25, -0.2) is 0 Å². The lowest BCUT2D eigenvalue weighted by molar-refractivity contribution is 0.961. The fraction of sp³-hybridized carbons (Fsp3) is 0.231. The van der Waals surface area contributed by atoms with Crippen LogP contribution in [0, 0.1) is 0 Å². The summed E-state index contributed by atoms with van der Waals surface area (Å²) < 4.78 is 0. The molecule has 0 radical (unpaired) electrons. The highest BCUT2D eigenvalue weighted by molar-refractivity contribution is 5.53. The average molecular weight is 172 g/mol. The number of hydrogen-bond donors (Lipinski definition) is 0. The molecule has 0 heteroatoms. The summed E-state index contributed by atoms with van der Waals surface area (Å²) in [6, 6.07) is 8.37. The summed E-state index contributed by atoms with van der Waals surface area (Å²) in [6.07, 6.45) is 6.20. The molecule has 13 heavy (non-hydrogen) atoms. The highest BCUT2D eigenvalue weighted by Gasteiger charge is 2.03. The lowest BCUT2D eigenvalue weighted by Gasteiger charge is -2.09. The fourth-order valence-electron chi connectivity index (χ4n) is 1.50. The van der Waals surface area contributed by atoms with Crippen LogP contribution in [0.5, 0.6) is 0 Å². The van der Waals surface area contributed by atoms with Crippen LogP contribution in [0.1, 0.15) is 30.9 Å². The maximum Gasteiger partial charge on any atom is -0.000462 e. The second-order valence-electron chi connectivity index (χ2n) is 3.15. The van der Waals surface area contributed by atoms with E-state index >= 15 is 0 Å². The van der Waals surface area contributed by atoms with Crippen molar-refractivity contribution in [3.8, 4) is 0 Å². The molecule has 0 saturated carbocycles. The molecule has 0 bridgehead atoms. The van der Waals surface area contributed by atoms with Crippen LogP contribution in [0.2, 0.25) is 0 Å². The van der Waals surface area contributed by atoms with E-state index in [2.05, 4.69) is 43.9 Å². The van der Waals surface area contributed by atoms with Crippen LogP contribution in [0.4, 0.5) is 0 Å². The van der Waals surface area contributed by atoms with Gasteiger partial charge in [-0.05, 0) is 24.0 Å². The van der Waals surface area contributed by atoms with Gasteiger partial charge in [0.15, 0.2) is 0 Å². The molecule has 0 spiro atoms. The molecule has 68 valence electrons. The smallest absolute Gasteiger partial charge is 0.000462 e. The first-order valence-corrected chi connectivity index (χ1v) is 4.63. The highest BCUT2D eigenvalue weighted by Crippen LogP contribution is 2.21. The molecule has 1 aromatic rings. The third-order valence-electron chi connectivity index (χ3n) is 2.19. The highest BCUT2D eigenvalue weighted by atomic mass is 14.1. The molecule has 0 aliphatic heterocycles. The van der Waals surface area contributed by atoms with Gasteiger partial charge in [-0.3, -0.25) is 0 Å². The van der Waals surface area contributed by atoms with Crippen molar-refractivity contribution in [1.29, 1.82) is 0 Å². The zero-order valence-corrected chi connectivity index (χ0v) is 8.33. The third-order valence-corrected chi connectivity index (χ3v) is 2.19. The van der Waals surface area contributed by atoms with Gasteiger partial charge in [0.25, 0.3) is 0 Å². The van der Waals surface area contributed by atoms with Crippen LogP contribution in [-0.2, 0) is 0 Å². The number of hydrogen-bond acceptors (Lipinski definition) is 0. The molecule has 0 aromatic heterocycles. The van der Waals surface area contributed by atoms with Crippen LogP contribution in [0.25, 0.3) is 6.08 Å².